The van der Waals surface area contributed by atoms with E-state index in [2.05, 4.69) is 35.6 Å². The van der Waals surface area contributed by atoms with Crippen molar-refractivity contribution in [1.29, 1.82) is 0 Å². The van der Waals surface area contributed by atoms with Crippen LogP contribution in [0.25, 0.3) is 0 Å². The van der Waals surface area contributed by atoms with Gasteiger partial charge in [-0.15, -0.1) is 0 Å². The second-order valence-electron chi connectivity index (χ2n) is 6.51. The number of nitrogens with one attached hydrogen (secondary N) is 1. The third kappa shape index (κ3) is 4.53. The number of hydrogen-bond acceptors (Lipinski definition) is 3. The maximum atomic E-state index is 11.4. The Morgan fingerprint density at radius 3 is 2.88 bits per heavy atom. The molecule has 0 spiro atoms. The Hall–Kier alpha value is -2.49. The van der Waals surface area contributed by atoms with Crippen molar-refractivity contribution in [3.63, 3.8) is 0 Å². The molecule has 0 aliphatic carbocycles. The lowest BCUT2D eigenvalue weighted by atomic mass is 9.90. The van der Waals surface area contributed by atoms with E-state index in [9.17, 15) is 4.79 Å². The second-order valence-corrected chi connectivity index (χ2v) is 6.51. The molecule has 0 fully saturated rings. The highest BCUT2D eigenvalue weighted by molar-refractivity contribution is 5.75. The SMILES string of the molecule is CCC(=O)NCc1cccc(C[C@H]2COc3cc(OC)ccc3C2)c1. The van der Waals surface area contributed by atoms with Crippen LogP contribution in [0.5, 0.6) is 11.5 Å². The van der Waals surface area contributed by atoms with Gasteiger partial charge in [0.2, 0.25) is 5.91 Å². The van der Waals surface area contributed by atoms with Crippen LogP contribution in [-0.4, -0.2) is 19.6 Å². The normalized spacial score (nSPS) is 15.8. The van der Waals surface area contributed by atoms with Crippen LogP contribution in [0.2, 0.25) is 0 Å². The van der Waals surface area contributed by atoms with Gasteiger partial charge in [-0.05, 0) is 35.6 Å². The first-order chi connectivity index (χ1) is 12.2. The molecular weight excluding hydrogens is 314 g/mol. The van der Waals surface area contributed by atoms with Crippen LogP contribution in [0.1, 0.15) is 30.0 Å². The van der Waals surface area contributed by atoms with Crippen molar-refractivity contribution in [2.75, 3.05) is 13.7 Å². The Balaban J connectivity index is 1.62. The summed E-state index contributed by atoms with van der Waals surface area (Å²) < 4.78 is 11.2. The third-order valence-corrected chi connectivity index (χ3v) is 4.58. The Bertz CT molecular complexity index is 742. The minimum absolute atomic E-state index is 0.0816. The van der Waals surface area contributed by atoms with E-state index in [4.69, 9.17) is 9.47 Å². The Morgan fingerprint density at radius 2 is 2.08 bits per heavy atom. The van der Waals surface area contributed by atoms with E-state index in [0.717, 1.165) is 36.5 Å². The lowest BCUT2D eigenvalue weighted by molar-refractivity contribution is -0.120. The van der Waals surface area contributed by atoms with Gasteiger partial charge in [0, 0.05) is 24.9 Å². The lowest BCUT2D eigenvalue weighted by Crippen LogP contribution is -2.23. The molecule has 132 valence electrons. The first-order valence-corrected chi connectivity index (χ1v) is 8.82. The number of benzene rings is 2. The summed E-state index contributed by atoms with van der Waals surface area (Å²) in [5, 5.41) is 2.93. The topological polar surface area (TPSA) is 47.6 Å². The number of rotatable bonds is 6. The van der Waals surface area contributed by atoms with Crippen molar-refractivity contribution in [1.82, 2.24) is 5.32 Å². The number of methoxy groups -OCH3 is 1. The molecule has 0 saturated heterocycles. The molecular formula is C21H25NO3. The molecule has 1 aliphatic rings. The van der Waals surface area contributed by atoms with Gasteiger partial charge in [0.15, 0.2) is 0 Å². The monoisotopic (exact) mass is 339 g/mol. The summed E-state index contributed by atoms with van der Waals surface area (Å²) in [6.07, 6.45) is 2.50. The number of amides is 1. The fourth-order valence-corrected chi connectivity index (χ4v) is 3.20. The summed E-state index contributed by atoms with van der Waals surface area (Å²) in [7, 11) is 1.67. The highest BCUT2D eigenvalue weighted by atomic mass is 16.5. The maximum absolute atomic E-state index is 11.4. The van der Waals surface area contributed by atoms with Gasteiger partial charge >= 0.3 is 0 Å². The minimum Gasteiger partial charge on any atom is -0.497 e. The fraction of sp³-hybridized carbons (Fsp3) is 0.381. The van der Waals surface area contributed by atoms with Crippen LogP contribution >= 0.6 is 0 Å². The van der Waals surface area contributed by atoms with Crippen LogP contribution in [-0.2, 0) is 24.2 Å². The summed E-state index contributed by atoms with van der Waals surface area (Å²) in [6.45, 7) is 3.17. The average molecular weight is 339 g/mol. The summed E-state index contributed by atoms with van der Waals surface area (Å²) >= 11 is 0. The van der Waals surface area contributed by atoms with Crippen LogP contribution in [0.3, 0.4) is 0 Å². The van der Waals surface area contributed by atoms with Gasteiger partial charge in [0.05, 0.1) is 13.7 Å². The zero-order chi connectivity index (χ0) is 17.6. The molecule has 0 unspecified atom stereocenters. The van der Waals surface area contributed by atoms with Gasteiger partial charge in [-0.25, -0.2) is 0 Å². The van der Waals surface area contributed by atoms with Gasteiger partial charge in [-0.2, -0.15) is 0 Å². The fourth-order valence-electron chi connectivity index (χ4n) is 3.20. The summed E-state index contributed by atoms with van der Waals surface area (Å²) in [5.74, 6) is 2.31. The van der Waals surface area contributed by atoms with Crippen LogP contribution in [0.15, 0.2) is 42.5 Å². The van der Waals surface area contributed by atoms with Crippen molar-refractivity contribution in [3.8, 4) is 11.5 Å². The molecule has 4 nitrogen and oxygen atoms in total. The number of carbonyl (C=O) groups is 1. The molecule has 1 N–H and O–H groups in total. The van der Waals surface area contributed by atoms with Crippen molar-refractivity contribution >= 4 is 5.91 Å². The summed E-state index contributed by atoms with van der Waals surface area (Å²) in [4.78, 5) is 11.4. The van der Waals surface area contributed by atoms with Crippen molar-refractivity contribution in [2.24, 2.45) is 5.92 Å². The number of carbonyl (C=O) groups excluding carboxylic acids is 1. The molecule has 1 heterocycles. The van der Waals surface area contributed by atoms with E-state index in [-0.39, 0.29) is 5.91 Å². The molecule has 0 radical (unpaired) electrons. The van der Waals surface area contributed by atoms with E-state index >= 15 is 0 Å². The predicted octanol–water partition coefficient (Wildman–Crippen LogP) is 3.52. The second kappa shape index (κ2) is 8.06. The molecule has 1 atom stereocenters. The molecule has 1 aliphatic heterocycles. The standard InChI is InChI=1S/C21H25NO3/c1-3-21(23)22-13-16-6-4-5-15(9-16)10-17-11-18-7-8-19(24-2)12-20(18)25-14-17/h4-9,12,17H,3,10-11,13-14H2,1-2H3,(H,22,23)/t17-/m1/s1. The predicted molar refractivity (Wildman–Crippen MR) is 98.0 cm³/mol. The van der Waals surface area contributed by atoms with Gasteiger partial charge in [-0.1, -0.05) is 37.3 Å². The van der Waals surface area contributed by atoms with E-state index in [1.54, 1.807) is 7.11 Å². The quantitative estimate of drug-likeness (QED) is 0.876. The van der Waals surface area contributed by atoms with E-state index < -0.39 is 0 Å². The molecule has 0 bridgehead atoms. The Labute approximate surface area is 149 Å². The average Bonchev–Trinajstić information content (AvgIpc) is 2.66. The largest absolute Gasteiger partial charge is 0.497 e. The number of ether oxygens (including phenoxy) is 2. The highest BCUT2D eigenvalue weighted by Gasteiger charge is 2.20. The molecule has 0 aromatic heterocycles. The van der Waals surface area contributed by atoms with Crippen molar-refractivity contribution in [2.45, 2.75) is 32.7 Å². The van der Waals surface area contributed by atoms with Gasteiger partial charge < -0.3 is 14.8 Å². The van der Waals surface area contributed by atoms with E-state index in [1.165, 1.54) is 11.1 Å². The minimum atomic E-state index is 0.0816. The zero-order valence-corrected chi connectivity index (χ0v) is 14.9. The molecule has 4 heteroatoms. The zero-order valence-electron chi connectivity index (χ0n) is 14.9. The summed E-state index contributed by atoms with van der Waals surface area (Å²) in [5.41, 5.74) is 3.67. The molecule has 2 aromatic rings. The van der Waals surface area contributed by atoms with Gasteiger partial charge in [0.25, 0.3) is 0 Å². The van der Waals surface area contributed by atoms with E-state index in [1.807, 2.05) is 19.1 Å². The Kier molecular flexibility index (Phi) is 5.59. The van der Waals surface area contributed by atoms with E-state index in [0.29, 0.717) is 18.9 Å². The number of fused-ring (bicyclic) bond motifs is 1. The van der Waals surface area contributed by atoms with Crippen LogP contribution in [0.4, 0.5) is 0 Å². The van der Waals surface area contributed by atoms with Gasteiger partial charge in [-0.3, -0.25) is 4.79 Å². The summed E-state index contributed by atoms with van der Waals surface area (Å²) in [6, 6.07) is 14.5. The first kappa shape index (κ1) is 17.3. The smallest absolute Gasteiger partial charge is 0.219 e. The first-order valence-electron chi connectivity index (χ1n) is 8.82. The van der Waals surface area contributed by atoms with Crippen LogP contribution in [0, 0.1) is 5.92 Å². The van der Waals surface area contributed by atoms with Crippen LogP contribution < -0.4 is 14.8 Å². The third-order valence-electron chi connectivity index (χ3n) is 4.58. The number of hydrogen-bond donors (Lipinski definition) is 1. The van der Waals surface area contributed by atoms with Crippen molar-refractivity contribution in [3.05, 3.63) is 59.2 Å². The molecule has 1 amide bonds. The highest BCUT2D eigenvalue weighted by Crippen LogP contribution is 2.32. The lowest BCUT2D eigenvalue weighted by Gasteiger charge is -2.26. The molecule has 3 rings (SSSR count). The maximum Gasteiger partial charge on any atom is 0.219 e. The Morgan fingerprint density at radius 1 is 1.24 bits per heavy atom. The van der Waals surface area contributed by atoms with Crippen molar-refractivity contribution < 1.29 is 14.3 Å². The van der Waals surface area contributed by atoms with Gasteiger partial charge in [0.1, 0.15) is 11.5 Å². The molecule has 0 saturated carbocycles. The molecule has 25 heavy (non-hydrogen) atoms. The molecule has 2 aromatic carbocycles.